The number of piperidine rings is 1. The molecule has 1 aromatic rings. The number of rotatable bonds is 4. The lowest BCUT2D eigenvalue weighted by Gasteiger charge is -2.32. The third-order valence-electron chi connectivity index (χ3n) is 3.35. The smallest absolute Gasteiger partial charge is 0.127 e. The van der Waals surface area contributed by atoms with Crippen LogP contribution in [0.15, 0.2) is 18.2 Å². The normalized spacial score (nSPS) is 21.1. The quantitative estimate of drug-likeness (QED) is 0.894. The zero-order chi connectivity index (χ0) is 13.0. The number of hydrogen-bond acceptors (Lipinski definition) is 3. The zero-order valence-electron chi connectivity index (χ0n) is 10.7. The summed E-state index contributed by atoms with van der Waals surface area (Å²) in [5.41, 5.74) is 0.825. The van der Waals surface area contributed by atoms with Gasteiger partial charge in [0.2, 0.25) is 0 Å². The van der Waals surface area contributed by atoms with Crippen LogP contribution < -0.4 is 0 Å². The molecule has 1 saturated heterocycles. The van der Waals surface area contributed by atoms with Crippen molar-refractivity contribution in [1.29, 1.82) is 0 Å². The first-order chi connectivity index (χ1) is 8.67. The lowest BCUT2D eigenvalue weighted by molar-refractivity contribution is 0.0873. The summed E-state index contributed by atoms with van der Waals surface area (Å²) < 4.78 is 18.4. The van der Waals surface area contributed by atoms with E-state index in [0.717, 1.165) is 37.7 Å². The molecule has 0 amide bonds. The van der Waals surface area contributed by atoms with Crippen molar-refractivity contribution in [2.45, 2.75) is 19.4 Å². The van der Waals surface area contributed by atoms with E-state index in [-0.39, 0.29) is 11.6 Å². The molecule has 18 heavy (non-hydrogen) atoms. The Morgan fingerprint density at radius 1 is 1.44 bits per heavy atom. The van der Waals surface area contributed by atoms with Gasteiger partial charge in [-0.1, -0.05) is 0 Å². The van der Waals surface area contributed by atoms with E-state index >= 15 is 0 Å². The SMILES string of the molecule is COCC1CCCN(Cc2cc(O)cc(F)c2)C1. The van der Waals surface area contributed by atoms with E-state index in [2.05, 4.69) is 4.90 Å². The van der Waals surface area contributed by atoms with Crippen molar-refractivity contribution >= 4 is 0 Å². The summed E-state index contributed by atoms with van der Waals surface area (Å²) >= 11 is 0. The highest BCUT2D eigenvalue weighted by Crippen LogP contribution is 2.21. The van der Waals surface area contributed by atoms with Gasteiger partial charge in [-0.05, 0) is 43.0 Å². The van der Waals surface area contributed by atoms with Crippen LogP contribution >= 0.6 is 0 Å². The van der Waals surface area contributed by atoms with Gasteiger partial charge in [0.25, 0.3) is 0 Å². The maximum absolute atomic E-state index is 13.2. The van der Waals surface area contributed by atoms with Crippen LogP contribution in [0.4, 0.5) is 4.39 Å². The van der Waals surface area contributed by atoms with Gasteiger partial charge in [-0.3, -0.25) is 4.90 Å². The molecule has 1 N–H and O–H groups in total. The highest BCUT2D eigenvalue weighted by atomic mass is 19.1. The molecule has 0 saturated carbocycles. The van der Waals surface area contributed by atoms with E-state index in [1.807, 2.05) is 0 Å². The van der Waals surface area contributed by atoms with Crippen molar-refractivity contribution in [3.8, 4) is 5.75 Å². The molecule has 1 atom stereocenters. The summed E-state index contributed by atoms with van der Waals surface area (Å²) in [4.78, 5) is 2.29. The zero-order valence-corrected chi connectivity index (χ0v) is 10.7. The molecule has 0 spiro atoms. The molecule has 3 nitrogen and oxygen atoms in total. The van der Waals surface area contributed by atoms with E-state index < -0.39 is 0 Å². The molecule has 0 bridgehead atoms. The number of aromatic hydroxyl groups is 1. The van der Waals surface area contributed by atoms with Crippen molar-refractivity contribution < 1.29 is 14.2 Å². The van der Waals surface area contributed by atoms with E-state index in [1.165, 1.54) is 12.5 Å². The number of methoxy groups -OCH3 is 1. The molecule has 1 aliphatic heterocycles. The second-order valence-corrected chi connectivity index (χ2v) is 5.02. The minimum Gasteiger partial charge on any atom is -0.508 e. The lowest BCUT2D eigenvalue weighted by atomic mass is 9.98. The number of benzene rings is 1. The van der Waals surface area contributed by atoms with Gasteiger partial charge < -0.3 is 9.84 Å². The summed E-state index contributed by atoms with van der Waals surface area (Å²) in [6.45, 7) is 3.47. The van der Waals surface area contributed by atoms with Crippen LogP contribution in [0, 0.1) is 11.7 Å². The molecule has 1 aromatic carbocycles. The Labute approximate surface area is 107 Å². The number of phenols is 1. The summed E-state index contributed by atoms with van der Waals surface area (Å²) in [5, 5.41) is 9.38. The van der Waals surface area contributed by atoms with Crippen LogP contribution in [0.2, 0.25) is 0 Å². The number of hydrogen-bond donors (Lipinski definition) is 1. The van der Waals surface area contributed by atoms with Crippen molar-refractivity contribution in [1.82, 2.24) is 4.90 Å². The molecule has 0 radical (unpaired) electrons. The fraction of sp³-hybridized carbons (Fsp3) is 0.571. The Balaban J connectivity index is 1.95. The van der Waals surface area contributed by atoms with E-state index in [1.54, 1.807) is 13.2 Å². The van der Waals surface area contributed by atoms with Crippen LogP contribution in [-0.4, -0.2) is 36.8 Å². The van der Waals surface area contributed by atoms with Crippen LogP contribution in [0.5, 0.6) is 5.75 Å². The van der Waals surface area contributed by atoms with Crippen molar-refractivity contribution in [2.75, 3.05) is 26.8 Å². The Hall–Kier alpha value is -1.13. The minimum absolute atomic E-state index is 0.00421. The van der Waals surface area contributed by atoms with Gasteiger partial charge in [-0.25, -0.2) is 4.39 Å². The third kappa shape index (κ3) is 3.68. The number of ether oxygens (including phenoxy) is 1. The number of phenolic OH excluding ortho intramolecular Hbond substituents is 1. The molecule has 0 aliphatic carbocycles. The summed E-state index contributed by atoms with van der Waals surface area (Å²) in [5.74, 6) is 0.178. The second kappa shape index (κ2) is 6.16. The maximum Gasteiger partial charge on any atom is 0.127 e. The standard InChI is InChI=1S/C14H20FNO2/c1-18-10-11-3-2-4-16(8-11)9-12-5-13(15)7-14(17)6-12/h5-7,11,17H,2-4,8-10H2,1H3. The predicted molar refractivity (Wildman–Crippen MR) is 67.9 cm³/mol. The Kier molecular flexibility index (Phi) is 4.55. The third-order valence-corrected chi connectivity index (χ3v) is 3.35. The van der Waals surface area contributed by atoms with Gasteiger partial charge >= 0.3 is 0 Å². The van der Waals surface area contributed by atoms with Gasteiger partial charge in [-0.2, -0.15) is 0 Å². The van der Waals surface area contributed by atoms with E-state index in [0.29, 0.717) is 12.5 Å². The van der Waals surface area contributed by atoms with Gasteiger partial charge in [0, 0.05) is 26.3 Å². The molecular weight excluding hydrogens is 233 g/mol. The summed E-state index contributed by atoms with van der Waals surface area (Å²) in [7, 11) is 1.73. The van der Waals surface area contributed by atoms with Crippen molar-refractivity contribution in [2.24, 2.45) is 5.92 Å². The maximum atomic E-state index is 13.2. The largest absolute Gasteiger partial charge is 0.508 e. The molecule has 0 aromatic heterocycles. The Morgan fingerprint density at radius 3 is 3.00 bits per heavy atom. The minimum atomic E-state index is -0.379. The molecule has 1 aliphatic rings. The van der Waals surface area contributed by atoms with Crippen LogP contribution in [-0.2, 0) is 11.3 Å². The average molecular weight is 253 g/mol. The number of nitrogens with zero attached hydrogens (tertiary/aromatic N) is 1. The molecular formula is C14H20FNO2. The molecule has 2 rings (SSSR count). The molecule has 4 heteroatoms. The van der Waals surface area contributed by atoms with E-state index in [4.69, 9.17) is 4.74 Å². The van der Waals surface area contributed by atoms with Gasteiger partial charge in [-0.15, -0.1) is 0 Å². The first-order valence-electron chi connectivity index (χ1n) is 6.37. The molecule has 1 fully saturated rings. The molecule has 100 valence electrons. The first-order valence-corrected chi connectivity index (χ1v) is 6.37. The average Bonchev–Trinajstić information content (AvgIpc) is 2.28. The summed E-state index contributed by atoms with van der Waals surface area (Å²) in [6.07, 6.45) is 2.34. The number of likely N-dealkylation sites (tertiary alicyclic amines) is 1. The van der Waals surface area contributed by atoms with Crippen LogP contribution in [0.25, 0.3) is 0 Å². The van der Waals surface area contributed by atoms with Gasteiger partial charge in [0.15, 0.2) is 0 Å². The van der Waals surface area contributed by atoms with Crippen molar-refractivity contribution in [3.63, 3.8) is 0 Å². The fourth-order valence-corrected chi connectivity index (χ4v) is 2.65. The van der Waals surface area contributed by atoms with E-state index in [9.17, 15) is 9.50 Å². The fourth-order valence-electron chi connectivity index (χ4n) is 2.65. The topological polar surface area (TPSA) is 32.7 Å². The first kappa shape index (κ1) is 13.3. The lowest BCUT2D eigenvalue weighted by Crippen LogP contribution is -2.36. The predicted octanol–water partition coefficient (Wildman–Crippen LogP) is 2.39. The molecule has 1 heterocycles. The Morgan fingerprint density at radius 2 is 2.28 bits per heavy atom. The summed E-state index contributed by atoms with van der Waals surface area (Å²) in [6, 6.07) is 4.25. The highest BCUT2D eigenvalue weighted by molar-refractivity contribution is 5.28. The number of halogens is 1. The van der Waals surface area contributed by atoms with Crippen LogP contribution in [0.1, 0.15) is 18.4 Å². The van der Waals surface area contributed by atoms with Gasteiger partial charge in [0.05, 0.1) is 6.61 Å². The second-order valence-electron chi connectivity index (χ2n) is 5.02. The van der Waals surface area contributed by atoms with Crippen LogP contribution in [0.3, 0.4) is 0 Å². The molecule has 1 unspecified atom stereocenters. The monoisotopic (exact) mass is 253 g/mol. The van der Waals surface area contributed by atoms with Gasteiger partial charge in [0.1, 0.15) is 11.6 Å². The highest BCUT2D eigenvalue weighted by Gasteiger charge is 2.19. The Bertz CT molecular complexity index is 375. The van der Waals surface area contributed by atoms with Crippen molar-refractivity contribution in [3.05, 3.63) is 29.6 Å².